The summed E-state index contributed by atoms with van der Waals surface area (Å²) in [5.41, 5.74) is 0. The van der Waals surface area contributed by atoms with Crippen molar-refractivity contribution in [3.05, 3.63) is 36.0 Å². The van der Waals surface area contributed by atoms with Gasteiger partial charge in [-0.1, -0.05) is 11.2 Å². The molecule has 0 radical (unpaired) electrons. The molecular weight excluding hydrogens is 322 g/mol. The van der Waals surface area contributed by atoms with Gasteiger partial charge in [0.25, 0.3) is 0 Å². The maximum Gasteiger partial charge on any atom is 0.228 e. The van der Waals surface area contributed by atoms with E-state index in [-0.39, 0.29) is 6.10 Å². The first-order valence-corrected chi connectivity index (χ1v) is 8.15. The van der Waals surface area contributed by atoms with E-state index < -0.39 is 0 Å². The van der Waals surface area contributed by atoms with Gasteiger partial charge in [-0.15, -0.1) is 0 Å². The summed E-state index contributed by atoms with van der Waals surface area (Å²) in [4.78, 5) is 8.34. The topological polar surface area (TPSA) is 93.8 Å². The first-order chi connectivity index (χ1) is 12.1. The Morgan fingerprint density at radius 3 is 2.80 bits per heavy atom. The van der Waals surface area contributed by atoms with Crippen LogP contribution in [0.4, 0.5) is 0 Å². The second-order valence-electron chi connectivity index (χ2n) is 5.47. The van der Waals surface area contributed by atoms with Crippen molar-refractivity contribution < 1.29 is 14.0 Å². The first kappa shape index (κ1) is 18.6. The van der Waals surface area contributed by atoms with Crippen molar-refractivity contribution in [2.24, 2.45) is 4.99 Å². The summed E-state index contributed by atoms with van der Waals surface area (Å²) in [6, 6.07) is 7.54. The number of aliphatic imine (C=N–C) groups is 1. The summed E-state index contributed by atoms with van der Waals surface area (Å²) in [5, 5.41) is 10.2. The van der Waals surface area contributed by atoms with E-state index in [1.54, 1.807) is 21.1 Å². The molecule has 1 unspecified atom stereocenters. The van der Waals surface area contributed by atoms with Gasteiger partial charge in [0.2, 0.25) is 5.89 Å². The van der Waals surface area contributed by atoms with Crippen molar-refractivity contribution in [2.45, 2.75) is 26.4 Å². The number of ether oxygens (including phenoxy) is 2. The Bertz CT molecular complexity index is 686. The van der Waals surface area contributed by atoms with Crippen molar-refractivity contribution in [1.29, 1.82) is 0 Å². The highest BCUT2D eigenvalue weighted by Crippen LogP contribution is 2.19. The summed E-state index contributed by atoms with van der Waals surface area (Å²) in [6.07, 6.45) is 0.599. The van der Waals surface area contributed by atoms with E-state index in [0.29, 0.717) is 37.2 Å². The second kappa shape index (κ2) is 9.51. The standard InChI is InChI=1S/C17H25N5O3/c1-12(24-15-7-5-6-14(10-15)23-4)11-20-17(18-3)19-9-8-16-21-13(2)22-25-16/h5-7,10,12H,8-9,11H2,1-4H3,(H2,18,19,20). The second-order valence-corrected chi connectivity index (χ2v) is 5.47. The molecule has 0 spiro atoms. The van der Waals surface area contributed by atoms with Crippen LogP contribution in [0.1, 0.15) is 18.6 Å². The van der Waals surface area contributed by atoms with Gasteiger partial charge in [-0.05, 0) is 26.0 Å². The summed E-state index contributed by atoms with van der Waals surface area (Å²) in [5.74, 6) is 3.48. The van der Waals surface area contributed by atoms with Crippen molar-refractivity contribution in [3.63, 3.8) is 0 Å². The van der Waals surface area contributed by atoms with E-state index in [4.69, 9.17) is 14.0 Å². The maximum atomic E-state index is 5.87. The van der Waals surface area contributed by atoms with E-state index in [2.05, 4.69) is 25.8 Å². The van der Waals surface area contributed by atoms with E-state index in [0.717, 1.165) is 11.5 Å². The molecule has 0 amide bonds. The number of aryl methyl sites for hydroxylation is 1. The monoisotopic (exact) mass is 347 g/mol. The molecule has 0 saturated carbocycles. The number of nitrogens with one attached hydrogen (secondary N) is 2. The normalized spacial score (nSPS) is 12.6. The van der Waals surface area contributed by atoms with Crippen LogP contribution >= 0.6 is 0 Å². The quantitative estimate of drug-likeness (QED) is 0.553. The summed E-state index contributed by atoms with van der Waals surface area (Å²) < 4.78 is 16.1. The van der Waals surface area contributed by atoms with Crippen molar-refractivity contribution >= 4 is 5.96 Å². The van der Waals surface area contributed by atoms with Gasteiger partial charge in [0, 0.05) is 26.1 Å². The van der Waals surface area contributed by atoms with Crippen LogP contribution in [0.2, 0.25) is 0 Å². The summed E-state index contributed by atoms with van der Waals surface area (Å²) in [7, 11) is 3.36. The number of nitrogens with zero attached hydrogens (tertiary/aromatic N) is 3. The Morgan fingerprint density at radius 1 is 1.32 bits per heavy atom. The highest BCUT2D eigenvalue weighted by molar-refractivity contribution is 5.79. The molecule has 8 heteroatoms. The summed E-state index contributed by atoms with van der Waals surface area (Å²) in [6.45, 7) is 5.04. The number of methoxy groups -OCH3 is 1. The number of rotatable bonds is 8. The third kappa shape index (κ3) is 6.33. The zero-order valence-electron chi connectivity index (χ0n) is 15.1. The van der Waals surface area contributed by atoms with Crippen LogP contribution in [0.5, 0.6) is 11.5 Å². The number of hydrogen-bond acceptors (Lipinski definition) is 6. The minimum absolute atomic E-state index is 0.0377. The highest BCUT2D eigenvalue weighted by Gasteiger charge is 2.07. The van der Waals surface area contributed by atoms with Gasteiger partial charge < -0.3 is 24.6 Å². The van der Waals surface area contributed by atoms with Crippen LogP contribution in [0, 0.1) is 6.92 Å². The van der Waals surface area contributed by atoms with Crippen LogP contribution in [-0.2, 0) is 6.42 Å². The van der Waals surface area contributed by atoms with Crippen molar-refractivity contribution in [2.75, 3.05) is 27.2 Å². The van der Waals surface area contributed by atoms with E-state index in [9.17, 15) is 0 Å². The van der Waals surface area contributed by atoms with Crippen molar-refractivity contribution in [1.82, 2.24) is 20.8 Å². The Balaban J connectivity index is 1.71. The lowest BCUT2D eigenvalue weighted by molar-refractivity contribution is 0.223. The van der Waals surface area contributed by atoms with Gasteiger partial charge in [-0.2, -0.15) is 4.98 Å². The first-order valence-electron chi connectivity index (χ1n) is 8.15. The minimum Gasteiger partial charge on any atom is -0.497 e. The Hall–Kier alpha value is -2.77. The number of hydrogen-bond donors (Lipinski definition) is 2. The van der Waals surface area contributed by atoms with E-state index in [1.165, 1.54) is 0 Å². The molecule has 1 aromatic heterocycles. The third-order valence-corrected chi connectivity index (χ3v) is 3.36. The Morgan fingerprint density at radius 2 is 2.12 bits per heavy atom. The van der Waals surface area contributed by atoms with Crippen LogP contribution in [0.3, 0.4) is 0 Å². The molecule has 0 bridgehead atoms. The SMILES string of the molecule is CN=C(NCCc1nc(C)no1)NCC(C)Oc1cccc(OC)c1. The molecule has 0 fully saturated rings. The maximum absolute atomic E-state index is 5.87. The minimum atomic E-state index is -0.0377. The average molecular weight is 347 g/mol. The highest BCUT2D eigenvalue weighted by atomic mass is 16.5. The molecular formula is C17H25N5O3. The van der Waals surface area contributed by atoms with Crippen LogP contribution in [0.15, 0.2) is 33.8 Å². The number of aromatic nitrogens is 2. The fourth-order valence-corrected chi connectivity index (χ4v) is 2.14. The Labute approximate surface area is 147 Å². The summed E-state index contributed by atoms with van der Waals surface area (Å²) >= 11 is 0. The lowest BCUT2D eigenvalue weighted by Gasteiger charge is -2.18. The van der Waals surface area contributed by atoms with Gasteiger partial charge in [0.05, 0.1) is 13.7 Å². The zero-order valence-corrected chi connectivity index (χ0v) is 15.1. The van der Waals surface area contributed by atoms with Crippen LogP contribution in [-0.4, -0.2) is 49.5 Å². The molecule has 25 heavy (non-hydrogen) atoms. The third-order valence-electron chi connectivity index (χ3n) is 3.36. The predicted octanol–water partition coefficient (Wildman–Crippen LogP) is 1.56. The molecule has 0 saturated heterocycles. The molecule has 0 aliphatic rings. The number of benzene rings is 1. The largest absolute Gasteiger partial charge is 0.497 e. The predicted molar refractivity (Wildman–Crippen MR) is 95.2 cm³/mol. The average Bonchev–Trinajstić information content (AvgIpc) is 3.03. The molecule has 8 nitrogen and oxygen atoms in total. The molecule has 2 aromatic rings. The molecule has 1 aromatic carbocycles. The molecule has 1 heterocycles. The molecule has 1 atom stereocenters. The molecule has 2 rings (SSSR count). The fourth-order valence-electron chi connectivity index (χ4n) is 2.14. The lowest BCUT2D eigenvalue weighted by Crippen LogP contribution is -2.42. The van der Waals surface area contributed by atoms with Gasteiger partial charge in [0.15, 0.2) is 11.8 Å². The van der Waals surface area contributed by atoms with E-state index in [1.807, 2.05) is 31.2 Å². The fraction of sp³-hybridized carbons (Fsp3) is 0.471. The molecule has 0 aliphatic carbocycles. The van der Waals surface area contributed by atoms with Crippen LogP contribution < -0.4 is 20.1 Å². The molecule has 2 N–H and O–H groups in total. The van der Waals surface area contributed by atoms with Crippen molar-refractivity contribution in [3.8, 4) is 11.5 Å². The smallest absolute Gasteiger partial charge is 0.228 e. The van der Waals surface area contributed by atoms with Gasteiger partial charge >= 0.3 is 0 Å². The molecule has 0 aliphatic heterocycles. The van der Waals surface area contributed by atoms with Gasteiger partial charge in [-0.25, -0.2) is 0 Å². The lowest BCUT2D eigenvalue weighted by atomic mass is 10.3. The van der Waals surface area contributed by atoms with Gasteiger partial charge in [0.1, 0.15) is 17.6 Å². The van der Waals surface area contributed by atoms with E-state index >= 15 is 0 Å². The Kier molecular flexibility index (Phi) is 7.06. The van der Waals surface area contributed by atoms with Gasteiger partial charge in [-0.3, -0.25) is 4.99 Å². The number of guanidine groups is 1. The molecule has 136 valence electrons. The zero-order chi connectivity index (χ0) is 18.1. The van der Waals surface area contributed by atoms with Crippen LogP contribution in [0.25, 0.3) is 0 Å².